The molecule has 120 valence electrons. The molecule has 0 amide bonds. The number of hydrogen-bond acceptors (Lipinski definition) is 2. The first-order valence-electron chi connectivity index (χ1n) is 6.65. The number of halogens is 5. The lowest BCUT2D eigenvalue weighted by Crippen LogP contribution is -2.44. The van der Waals surface area contributed by atoms with E-state index in [2.05, 4.69) is 5.32 Å². The minimum atomic E-state index is -4.52. The summed E-state index contributed by atoms with van der Waals surface area (Å²) >= 11 is 0. The third-order valence-corrected chi connectivity index (χ3v) is 3.69. The molecule has 21 heavy (non-hydrogen) atoms. The lowest BCUT2D eigenvalue weighted by Gasteiger charge is -2.33. The molecule has 1 aliphatic heterocycles. The second kappa shape index (κ2) is 7.42. The van der Waals surface area contributed by atoms with Gasteiger partial charge in [0.15, 0.2) is 0 Å². The van der Waals surface area contributed by atoms with Gasteiger partial charge in [-0.1, -0.05) is 6.07 Å². The van der Waals surface area contributed by atoms with Crippen LogP contribution in [0, 0.1) is 5.82 Å². The van der Waals surface area contributed by atoms with Crippen LogP contribution >= 0.6 is 12.4 Å². The van der Waals surface area contributed by atoms with Crippen LogP contribution in [0.2, 0.25) is 0 Å². The van der Waals surface area contributed by atoms with Crippen molar-refractivity contribution in [3.8, 4) is 0 Å². The number of likely N-dealkylation sites (N-methyl/N-ethyl adjacent to an activating group) is 1. The average molecular weight is 327 g/mol. The van der Waals surface area contributed by atoms with E-state index in [0.29, 0.717) is 18.7 Å². The SMILES string of the molecule is CNC1CCCN(Cc2ccc(F)cc2C(F)(F)F)C1.Cl. The summed E-state index contributed by atoms with van der Waals surface area (Å²) in [6.45, 7) is 1.69. The van der Waals surface area contributed by atoms with Crippen molar-refractivity contribution < 1.29 is 17.6 Å². The van der Waals surface area contributed by atoms with E-state index >= 15 is 0 Å². The lowest BCUT2D eigenvalue weighted by atomic mass is 10.0. The fourth-order valence-corrected chi connectivity index (χ4v) is 2.63. The summed E-state index contributed by atoms with van der Waals surface area (Å²) in [5.74, 6) is -0.854. The predicted octanol–water partition coefficient (Wildman–Crippen LogP) is 3.45. The second-order valence-corrected chi connectivity index (χ2v) is 5.16. The fraction of sp³-hybridized carbons (Fsp3) is 0.571. The highest BCUT2D eigenvalue weighted by atomic mass is 35.5. The number of rotatable bonds is 3. The Morgan fingerprint density at radius 1 is 1.33 bits per heavy atom. The number of likely N-dealkylation sites (tertiary alicyclic amines) is 1. The Bertz CT molecular complexity index is 465. The topological polar surface area (TPSA) is 15.3 Å². The molecule has 1 heterocycles. The molecule has 1 fully saturated rings. The molecule has 1 saturated heterocycles. The highest BCUT2D eigenvalue weighted by Crippen LogP contribution is 2.33. The van der Waals surface area contributed by atoms with Gasteiger partial charge in [-0.2, -0.15) is 13.2 Å². The molecule has 0 aliphatic carbocycles. The quantitative estimate of drug-likeness (QED) is 0.856. The van der Waals surface area contributed by atoms with Crippen LogP contribution in [0.15, 0.2) is 18.2 Å². The summed E-state index contributed by atoms with van der Waals surface area (Å²) in [5, 5.41) is 3.15. The second-order valence-electron chi connectivity index (χ2n) is 5.16. The van der Waals surface area contributed by atoms with Gasteiger partial charge in [-0.15, -0.1) is 12.4 Å². The largest absolute Gasteiger partial charge is 0.416 e. The lowest BCUT2D eigenvalue weighted by molar-refractivity contribution is -0.138. The van der Waals surface area contributed by atoms with Gasteiger partial charge in [0, 0.05) is 19.1 Å². The molecule has 0 spiro atoms. The highest BCUT2D eigenvalue weighted by molar-refractivity contribution is 5.85. The maximum Gasteiger partial charge on any atom is 0.416 e. The number of hydrogen-bond donors (Lipinski definition) is 1. The monoisotopic (exact) mass is 326 g/mol. The van der Waals surface area contributed by atoms with E-state index in [1.54, 1.807) is 0 Å². The van der Waals surface area contributed by atoms with Gasteiger partial charge in [0.2, 0.25) is 0 Å². The summed E-state index contributed by atoms with van der Waals surface area (Å²) in [4.78, 5) is 1.98. The van der Waals surface area contributed by atoms with Crippen LogP contribution < -0.4 is 5.32 Å². The Labute approximate surface area is 127 Å². The normalized spacial score (nSPS) is 20.1. The molecule has 7 heteroatoms. The van der Waals surface area contributed by atoms with Crippen molar-refractivity contribution in [2.24, 2.45) is 0 Å². The first-order valence-corrected chi connectivity index (χ1v) is 6.65. The van der Waals surface area contributed by atoms with Crippen molar-refractivity contribution >= 4 is 12.4 Å². The van der Waals surface area contributed by atoms with Gasteiger partial charge in [-0.25, -0.2) is 4.39 Å². The Kier molecular flexibility index (Phi) is 6.43. The number of nitrogens with zero attached hydrogens (tertiary/aromatic N) is 1. The predicted molar refractivity (Wildman–Crippen MR) is 76.0 cm³/mol. The average Bonchev–Trinajstić information content (AvgIpc) is 2.40. The van der Waals surface area contributed by atoms with Gasteiger partial charge in [-0.05, 0) is 44.1 Å². The van der Waals surface area contributed by atoms with E-state index < -0.39 is 17.6 Å². The van der Waals surface area contributed by atoms with Gasteiger partial charge in [0.25, 0.3) is 0 Å². The molecule has 2 nitrogen and oxygen atoms in total. The van der Waals surface area contributed by atoms with E-state index in [9.17, 15) is 17.6 Å². The molecule has 1 aromatic carbocycles. The van der Waals surface area contributed by atoms with Crippen LogP contribution in [0.1, 0.15) is 24.0 Å². The first-order chi connectivity index (χ1) is 9.40. The zero-order chi connectivity index (χ0) is 14.8. The maximum absolute atomic E-state index is 13.0. The van der Waals surface area contributed by atoms with E-state index in [4.69, 9.17) is 0 Å². The van der Waals surface area contributed by atoms with Gasteiger partial charge < -0.3 is 5.32 Å². The van der Waals surface area contributed by atoms with Crippen molar-refractivity contribution in [3.05, 3.63) is 35.1 Å². The third-order valence-electron chi connectivity index (χ3n) is 3.69. The third kappa shape index (κ3) is 4.83. The summed E-state index contributed by atoms with van der Waals surface area (Å²) < 4.78 is 51.8. The van der Waals surface area contributed by atoms with Crippen LogP contribution in [0.3, 0.4) is 0 Å². The van der Waals surface area contributed by atoms with E-state index in [1.807, 2.05) is 11.9 Å². The summed E-state index contributed by atoms with van der Waals surface area (Å²) in [5.41, 5.74) is -0.736. The summed E-state index contributed by atoms with van der Waals surface area (Å²) in [7, 11) is 1.85. The van der Waals surface area contributed by atoms with E-state index in [1.165, 1.54) is 6.07 Å². The Hall–Kier alpha value is -0.850. The van der Waals surface area contributed by atoms with Crippen molar-refractivity contribution in [2.45, 2.75) is 31.6 Å². The van der Waals surface area contributed by atoms with E-state index in [0.717, 1.165) is 25.5 Å². The number of nitrogens with one attached hydrogen (secondary N) is 1. The molecular formula is C14H19ClF4N2. The Morgan fingerprint density at radius 3 is 2.67 bits per heavy atom. The Morgan fingerprint density at radius 2 is 2.05 bits per heavy atom. The maximum atomic E-state index is 13.0. The number of benzene rings is 1. The van der Waals surface area contributed by atoms with E-state index in [-0.39, 0.29) is 24.5 Å². The highest BCUT2D eigenvalue weighted by Gasteiger charge is 2.34. The van der Waals surface area contributed by atoms with Crippen LogP contribution in [0.25, 0.3) is 0 Å². The first kappa shape index (κ1) is 18.2. The molecule has 1 aromatic rings. The zero-order valence-corrected chi connectivity index (χ0v) is 12.5. The fourth-order valence-electron chi connectivity index (χ4n) is 2.63. The van der Waals surface area contributed by atoms with Crippen LogP contribution in [0.4, 0.5) is 17.6 Å². The van der Waals surface area contributed by atoms with Crippen LogP contribution in [-0.4, -0.2) is 31.1 Å². The smallest absolute Gasteiger partial charge is 0.316 e. The Balaban J connectivity index is 0.00000220. The number of piperidine rings is 1. The minimum absolute atomic E-state index is 0. The van der Waals surface area contributed by atoms with Crippen LogP contribution in [-0.2, 0) is 12.7 Å². The molecule has 1 aliphatic rings. The van der Waals surface area contributed by atoms with Crippen molar-refractivity contribution in [1.82, 2.24) is 10.2 Å². The summed E-state index contributed by atoms with van der Waals surface area (Å²) in [6.07, 6.45) is -2.54. The van der Waals surface area contributed by atoms with Crippen LogP contribution in [0.5, 0.6) is 0 Å². The minimum Gasteiger partial charge on any atom is -0.316 e. The van der Waals surface area contributed by atoms with Crippen molar-refractivity contribution in [3.63, 3.8) is 0 Å². The molecule has 0 bridgehead atoms. The molecule has 0 saturated carbocycles. The molecule has 0 aromatic heterocycles. The molecule has 1 N–H and O–H groups in total. The van der Waals surface area contributed by atoms with Crippen molar-refractivity contribution in [2.75, 3.05) is 20.1 Å². The molecule has 0 radical (unpaired) electrons. The zero-order valence-electron chi connectivity index (χ0n) is 11.7. The van der Waals surface area contributed by atoms with Crippen molar-refractivity contribution in [1.29, 1.82) is 0 Å². The number of alkyl halides is 3. The molecule has 1 unspecified atom stereocenters. The molecular weight excluding hydrogens is 308 g/mol. The summed E-state index contributed by atoms with van der Waals surface area (Å²) in [6, 6.07) is 3.21. The van der Waals surface area contributed by atoms with Gasteiger partial charge in [-0.3, -0.25) is 4.90 Å². The standard InChI is InChI=1S/C14H18F4N2.ClH/c1-19-12-3-2-6-20(9-12)8-10-4-5-11(15)7-13(10)14(16,17)18;/h4-5,7,12,19H,2-3,6,8-9H2,1H3;1H. The van der Waals surface area contributed by atoms with Gasteiger partial charge in [0.05, 0.1) is 5.56 Å². The van der Waals surface area contributed by atoms with Gasteiger partial charge >= 0.3 is 6.18 Å². The molecule has 1 atom stereocenters. The van der Waals surface area contributed by atoms with Gasteiger partial charge in [0.1, 0.15) is 5.82 Å². The molecule has 2 rings (SSSR count).